The highest BCUT2D eigenvalue weighted by Gasteiger charge is 2.33. The molecule has 1 heterocycles. The average Bonchev–Trinajstić information content (AvgIpc) is 3.11. The number of hydrogen-bond acceptors (Lipinski definition) is 4. The third kappa shape index (κ3) is 2.54. The molecule has 0 radical (unpaired) electrons. The van der Waals surface area contributed by atoms with Gasteiger partial charge in [0.25, 0.3) is 5.91 Å². The molecule has 0 saturated heterocycles. The van der Waals surface area contributed by atoms with Crippen molar-refractivity contribution in [2.45, 2.75) is 13.3 Å². The van der Waals surface area contributed by atoms with E-state index >= 15 is 0 Å². The first-order valence-corrected chi connectivity index (χ1v) is 6.37. The second kappa shape index (κ2) is 4.57. The number of carbonyl (C=O) groups excluding carboxylic acids is 2. The Balaban J connectivity index is 1.67. The number of fused-ring (bicyclic) bond motifs is 1. The molecule has 5 nitrogen and oxygen atoms in total. The molecule has 19 heavy (non-hydrogen) atoms. The summed E-state index contributed by atoms with van der Waals surface area (Å²) in [7, 11) is 0. The van der Waals surface area contributed by atoms with Gasteiger partial charge < -0.3 is 14.8 Å². The van der Waals surface area contributed by atoms with Crippen molar-refractivity contribution in [1.82, 2.24) is 0 Å². The highest BCUT2D eigenvalue weighted by atomic mass is 16.5. The van der Waals surface area contributed by atoms with Crippen molar-refractivity contribution in [3.63, 3.8) is 0 Å². The van der Waals surface area contributed by atoms with Crippen LogP contribution in [0.4, 0.5) is 5.69 Å². The standard InChI is InChI=1S/C14H15NO4/c1-8-4-10(8)6-19-14(17)9-2-3-11-12(5-9)18-7-13(16)15-11/h2-3,5,8,10H,4,6-7H2,1H3,(H,15,16)/t8-,10+/m1/s1. The fourth-order valence-electron chi connectivity index (χ4n) is 2.10. The van der Waals surface area contributed by atoms with Gasteiger partial charge in [0.1, 0.15) is 5.75 Å². The summed E-state index contributed by atoms with van der Waals surface area (Å²) in [5, 5.41) is 2.68. The molecule has 1 aromatic rings. The summed E-state index contributed by atoms with van der Waals surface area (Å²) < 4.78 is 10.5. The van der Waals surface area contributed by atoms with Gasteiger partial charge in [-0.1, -0.05) is 6.92 Å². The maximum atomic E-state index is 11.9. The largest absolute Gasteiger partial charge is 0.482 e. The first kappa shape index (κ1) is 12.0. The quantitative estimate of drug-likeness (QED) is 0.843. The molecule has 1 amide bonds. The molecule has 1 aliphatic heterocycles. The van der Waals surface area contributed by atoms with E-state index in [1.54, 1.807) is 18.2 Å². The van der Waals surface area contributed by atoms with Crippen molar-refractivity contribution in [1.29, 1.82) is 0 Å². The molecule has 1 N–H and O–H groups in total. The molecule has 100 valence electrons. The fourth-order valence-corrected chi connectivity index (χ4v) is 2.10. The van der Waals surface area contributed by atoms with Crippen LogP contribution < -0.4 is 10.1 Å². The lowest BCUT2D eigenvalue weighted by atomic mass is 10.1. The van der Waals surface area contributed by atoms with Gasteiger partial charge in [-0.2, -0.15) is 0 Å². The molecular weight excluding hydrogens is 246 g/mol. The smallest absolute Gasteiger partial charge is 0.338 e. The SMILES string of the molecule is C[C@@H]1C[C@H]1COC(=O)c1ccc2c(c1)OCC(=O)N2. The topological polar surface area (TPSA) is 64.6 Å². The lowest BCUT2D eigenvalue weighted by molar-refractivity contribution is -0.118. The number of nitrogens with one attached hydrogen (secondary N) is 1. The first-order chi connectivity index (χ1) is 9.13. The van der Waals surface area contributed by atoms with E-state index in [0.29, 0.717) is 35.4 Å². The Hall–Kier alpha value is -2.04. The summed E-state index contributed by atoms with van der Waals surface area (Å²) in [6, 6.07) is 4.89. The number of rotatable bonds is 3. The van der Waals surface area contributed by atoms with E-state index in [1.807, 2.05) is 0 Å². The average molecular weight is 261 g/mol. The summed E-state index contributed by atoms with van der Waals surface area (Å²) in [6.45, 7) is 2.60. The second-order valence-electron chi connectivity index (χ2n) is 5.12. The Morgan fingerprint density at radius 3 is 3.05 bits per heavy atom. The van der Waals surface area contributed by atoms with Gasteiger partial charge in [0.2, 0.25) is 0 Å². The highest BCUT2D eigenvalue weighted by molar-refractivity contribution is 5.97. The third-order valence-electron chi connectivity index (χ3n) is 3.55. The van der Waals surface area contributed by atoms with Gasteiger partial charge in [-0.25, -0.2) is 4.79 Å². The molecular formula is C14H15NO4. The van der Waals surface area contributed by atoms with Crippen molar-refractivity contribution in [3.05, 3.63) is 23.8 Å². The van der Waals surface area contributed by atoms with Crippen LogP contribution in [0.5, 0.6) is 5.75 Å². The normalized spacial score (nSPS) is 23.9. The van der Waals surface area contributed by atoms with Gasteiger partial charge in [-0.05, 0) is 36.5 Å². The Bertz CT molecular complexity index is 540. The highest BCUT2D eigenvalue weighted by Crippen LogP contribution is 2.38. The fraction of sp³-hybridized carbons (Fsp3) is 0.429. The van der Waals surface area contributed by atoms with E-state index in [9.17, 15) is 9.59 Å². The monoisotopic (exact) mass is 261 g/mol. The molecule has 0 bridgehead atoms. The van der Waals surface area contributed by atoms with E-state index in [1.165, 1.54) is 0 Å². The summed E-state index contributed by atoms with van der Waals surface area (Å²) in [5.74, 6) is 1.15. The number of ether oxygens (including phenoxy) is 2. The number of anilines is 1. The number of carbonyl (C=O) groups is 2. The van der Waals surface area contributed by atoms with Crippen LogP contribution in [0.1, 0.15) is 23.7 Å². The van der Waals surface area contributed by atoms with Gasteiger partial charge in [0.15, 0.2) is 6.61 Å². The zero-order valence-electron chi connectivity index (χ0n) is 10.6. The number of benzene rings is 1. The molecule has 1 saturated carbocycles. The molecule has 0 spiro atoms. The summed E-state index contributed by atoms with van der Waals surface area (Å²) in [5.41, 5.74) is 1.03. The molecule has 1 fully saturated rings. The van der Waals surface area contributed by atoms with E-state index in [-0.39, 0.29) is 18.5 Å². The molecule has 1 aliphatic carbocycles. The lowest BCUT2D eigenvalue weighted by Gasteiger charge is -2.18. The number of hydrogen-bond donors (Lipinski definition) is 1. The van der Waals surface area contributed by atoms with Crippen molar-refractivity contribution >= 4 is 17.6 Å². The molecule has 1 aromatic carbocycles. The number of amides is 1. The van der Waals surface area contributed by atoms with E-state index in [0.717, 1.165) is 6.42 Å². The van der Waals surface area contributed by atoms with E-state index in [2.05, 4.69) is 12.2 Å². The minimum atomic E-state index is -0.345. The van der Waals surface area contributed by atoms with Crippen LogP contribution in [0.25, 0.3) is 0 Å². The predicted octanol–water partition coefficient (Wildman–Crippen LogP) is 1.83. The molecule has 2 atom stereocenters. The van der Waals surface area contributed by atoms with E-state index in [4.69, 9.17) is 9.47 Å². The van der Waals surface area contributed by atoms with Gasteiger partial charge in [0.05, 0.1) is 17.9 Å². The maximum Gasteiger partial charge on any atom is 0.338 e. The van der Waals surface area contributed by atoms with Crippen LogP contribution in [0.2, 0.25) is 0 Å². The molecule has 0 aromatic heterocycles. The minimum Gasteiger partial charge on any atom is -0.482 e. The molecule has 0 unspecified atom stereocenters. The lowest BCUT2D eigenvalue weighted by Crippen LogP contribution is -2.25. The van der Waals surface area contributed by atoms with Crippen LogP contribution in [0.15, 0.2) is 18.2 Å². The summed E-state index contributed by atoms with van der Waals surface area (Å²) in [6.07, 6.45) is 1.13. The van der Waals surface area contributed by atoms with Crippen LogP contribution in [0.3, 0.4) is 0 Å². The van der Waals surface area contributed by atoms with Crippen LogP contribution >= 0.6 is 0 Å². The van der Waals surface area contributed by atoms with E-state index < -0.39 is 0 Å². The third-order valence-corrected chi connectivity index (χ3v) is 3.55. The van der Waals surface area contributed by atoms with Gasteiger partial charge >= 0.3 is 5.97 Å². The Morgan fingerprint density at radius 1 is 1.53 bits per heavy atom. The molecule has 2 aliphatic rings. The Morgan fingerprint density at radius 2 is 2.32 bits per heavy atom. The van der Waals surface area contributed by atoms with Crippen LogP contribution in [-0.2, 0) is 9.53 Å². The number of esters is 1. The Kier molecular flexibility index (Phi) is 2.89. The summed E-state index contributed by atoms with van der Waals surface area (Å²) in [4.78, 5) is 23.0. The predicted molar refractivity (Wildman–Crippen MR) is 68.1 cm³/mol. The zero-order chi connectivity index (χ0) is 13.4. The van der Waals surface area contributed by atoms with Gasteiger partial charge in [-0.15, -0.1) is 0 Å². The van der Waals surface area contributed by atoms with Crippen LogP contribution in [-0.4, -0.2) is 25.1 Å². The van der Waals surface area contributed by atoms with Crippen LogP contribution in [0, 0.1) is 11.8 Å². The second-order valence-corrected chi connectivity index (χ2v) is 5.12. The van der Waals surface area contributed by atoms with Crippen molar-refractivity contribution in [2.75, 3.05) is 18.5 Å². The van der Waals surface area contributed by atoms with Gasteiger partial charge in [-0.3, -0.25) is 4.79 Å². The van der Waals surface area contributed by atoms with Crippen molar-refractivity contribution < 1.29 is 19.1 Å². The Labute approximate surface area is 110 Å². The van der Waals surface area contributed by atoms with Crippen molar-refractivity contribution in [2.24, 2.45) is 11.8 Å². The molecule has 5 heteroatoms. The first-order valence-electron chi connectivity index (χ1n) is 6.37. The molecule has 3 rings (SSSR count). The van der Waals surface area contributed by atoms with Crippen molar-refractivity contribution in [3.8, 4) is 5.75 Å². The minimum absolute atomic E-state index is 0.0227. The van der Waals surface area contributed by atoms with Gasteiger partial charge in [0, 0.05) is 0 Å². The summed E-state index contributed by atoms with van der Waals surface area (Å²) >= 11 is 0. The zero-order valence-corrected chi connectivity index (χ0v) is 10.6. The maximum absolute atomic E-state index is 11.9.